The van der Waals surface area contributed by atoms with Crippen molar-refractivity contribution in [2.45, 2.75) is 44.7 Å². The van der Waals surface area contributed by atoms with E-state index in [1.807, 2.05) is 47.4 Å². The van der Waals surface area contributed by atoms with Crippen LogP contribution in [-0.2, 0) is 17.8 Å². The van der Waals surface area contributed by atoms with Gasteiger partial charge in [-0.05, 0) is 60.9 Å². The molecule has 3 aromatic rings. The lowest BCUT2D eigenvalue weighted by Crippen LogP contribution is -2.32. The van der Waals surface area contributed by atoms with Crippen molar-refractivity contribution in [1.29, 1.82) is 0 Å². The SMILES string of the molecule is O=C(CCCc1cccs1)Nc1cccc(C(=O)N(Cc2ccccc2)C2CC2)c1. The highest BCUT2D eigenvalue weighted by Crippen LogP contribution is 2.30. The third kappa shape index (κ3) is 5.57. The maximum Gasteiger partial charge on any atom is 0.254 e. The van der Waals surface area contributed by atoms with Crippen LogP contribution in [0.1, 0.15) is 46.5 Å². The van der Waals surface area contributed by atoms with Crippen LogP contribution in [-0.4, -0.2) is 22.8 Å². The van der Waals surface area contributed by atoms with Crippen LogP contribution in [0.4, 0.5) is 5.69 Å². The monoisotopic (exact) mass is 418 g/mol. The molecule has 4 rings (SSSR count). The molecule has 2 aromatic carbocycles. The highest BCUT2D eigenvalue weighted by atomic mass is 32.1. The normalized spacial score (nSPS) is 13.1. The Labute approximate surface area is 181 Å². The third-order valence-electron chi connectivity index (χ3n) is 5.24. The van der Waals surface area contributed by atoms with Gasteiger partial charge < -0.3 is 10.2 Å². The average Bonchev–Trinajstić information content (AvgIpc) is 3.48. The molecule has 0 aliphatic heterocycles. The molecular formula is C25H26N2O2S. The number of anilines is 1. The number of nitrogens with one attached hydrogen (secondary N) is 1. The predicted molar refractivity (Wildman–Crippen MR) is 122 cm³/mol. The largest absolute Gasteiger partial charge is 0.331 e. The molecule has 154 valence electrons. The Kier molecular flexibility index (Phi) is 6.60. The topological polar surface area (TPSA) is 49.4 Å². The number of hydrogen-bond acceptors (Lipinski definition) is 3. The molecule has 1 saturated carbocycles. The van der Waals surface area contributed by atoms with Crippen LogP contribution in [0.3, 0.4) is 0 Å². The molecule has 5 heteroatoms. The Morgan fingerprint density at radius 3 is 2.57 bits per heavy atom. The Morgan fingerprint density at radius 2 is 1.83 bits per heavy atom. The van der Waals surface area contributed by atoms with Gasteiger partial charge in [-0.15, -0.1) is 11.3 Å². The van der Waals surface area contributed by atoms with Gasteiger partial charge in [0.05, 0.1) is 0 Å². The Morgan fingerprint density at radius 1 is 1.00 bits per heavy atom. The summed E-state index contributed by atoms with van der Waals surface area (Å²) in [7, 11) is 0. The van der Waals surface area contributed by atoms with E-state index in [1.165, 1.54) is 4.88 Å². The molecule has 1 fully saturated rings. The summed E-state index contributed by atoms with van der Waals surface area (Å²) < 4.78 is 0. The smallest absolute Gasteiger partial charge is 0.254 e. The molecule has 4 nitrogen and oxygen atoms in total. The minimum atomic E-state index is -0.0144. The van der Waals surface area contributed by atoms with E-state index in [1.54, 1.807) is 17.4 Å². The van der Waals surface area contributed by atoms with E-state index in [2.05, 4.69) is 28.9 Å². The number of nitrogens with zero attached hydrogens (tertiary/aromatic N) is 1. The van der Waals surface area contributed by atoms with Crippen molar-refractivity contribution in [2.24, 2.45) is 0 Å². The number of rotatable bonds is 9. The Bertz CT molecular complexity index is 981. The van der Waals surface area contributed by atoms with E-state index in [9.17, 15) is 9.59 Å². The van der Waals surface area contributed by atoms with Gasteiger partial charge in [0, 0.05) is 35.1 Å². The van der Waals surface area contributed by atoms with Gasteiger partial charge in [-0.3, -0.25) is 9.59 Å². The number of carbonyl (C=O) groups is 2. The molecule has 1 heterocycles. The molecule has 30 heavy (non-hydrogen) atoms. The second kappa shape index (κ2) is 9.72. The van der Waals surface area contributed by atoms with E-state index in [0.717, 1.165) is 31.2 Å². The Hall–Kier alpha value is -2.92. The fraction of sp³-hybridized carbons (Fsp3) is 0.280. The molecule has 0 saturated heterocycles. The van der Waals surface area contributed by atoms with Crippen molar-refractivity contribution in [2.75, 3.05) is 5.32 Å². The van der Waals surface area contributed by atoms with Gasteiger partial charge in [-0.2, -0.15) is 0 Å². The maximum atomic E-state index is 13.2. The minimum Gasteiger partial charge on any atom is -0.331 e. The number of thiophene rings is 1. The number of benzene rings is 2. The molecule has 1 aromatic heterocycles. The number of amides is 2. The highest BCUT2D eigenvalue weighted by Gasteiger charge is 2.33. The van der Waals surface area contributed by atoms with Crippen LogP contribution in [0, 0.1) is 0 Å². The van der Waals surface area contributed by atoms with E-state index < -0.39 is 0 Å². The van der Waals surface area contributed by atoms with Crippen molar-refractivity contribution in [1.82, 2.24) is 4.90 Å². The van der Waals surface area contributed by atoms with Crippen LogP contribution in [0.15, 0.2) is 72.1 Å². The first kappa shape index (κ1) is 20.4. The predicted octanol–water partition coefficient (Wildman–Crippen LogP) is 5.51. The van der Waals surface area contributed by atoms with E-state index in [0.29, 0.717) is 30.3 Å². The summed E-state index contributed by atoms with van der Waals surface area (Å²) in [5.74, 6) is 0.00892. The summed E-state index contributed by atoms with van der Waals surface area (Å²) >= 11 is 1.72. The second-order valence-electron chi connectivity index (χ2n) is 7.71. The second-order valence-corrected chi connectivity index (χ2v) is 8.74. The third-order valence-corrected chi connectivity index (χ3v) is 6.18. The lowest BCUT2D eigenvalue weighted by Gasteiger charge is -2.23. The van der Waals surface area contributed by atoms with Crippen LogP contribution in [0.2, 0.25) is 0 Å². The number of aryl methyl sites for hydroxylation is 1. The zero-order valence-electron chi connectivity index (χ0n) is 16.9. The van der Waals surface area contributed by atoms with Crippen LogP contribution in [0.5, 0.6) is 0 Å². The van der Waals surface area contributed by atoms with Gasteiger partial charge in [0.25, 0.3) is 5.91 Å². The van der Waals surface area contributed by atoms with E-state index >= 15 is 0 Å². The van der Waals surface area contributed by atoms with Crippen molar-refractivity contribution in [3.63, 3.8) is 0 Å². The molecule has 1 aliphatic carbocycles. The average molecular weight is 419 g/mol. The summed E-state index contributed by atoms with van der Waals surface area (Å²) in [5, 5.41) is 5.00. The highest BCUT2D eigenvalue weighted by molar-refractivity contribution is 7.09. The van der Waals surface area contributed by atoms with Crippen molar-refractivity contribution in [3.8, 4) is 0 Å². The molecular weight excluding hydrogens is 392 g/mol. The maximum absolute atomic E-state index is 13.2. The fourth-order valence-electron chi connectivity index (χ4n) is 3.53. The van der Waals surface area contributed by atoms with Gasteiger partial charge in [-0.1, -0.05) is 42.5 Å². The number of hydrogen-bond donors (Lipinski definition) is 1. The number of carbonyl (C=O) groups excluding carboxylic acids is 2. The molecule has 0 unspecified atom stereocenters. The molecule has 1 aliphatic rings. The van der Waals surface area contributed by atoms with Gasteiger partial charge in [0.2, 0.25) is 5.91 Å². The Balaban J connectivity index is 1.36. The quantitative estimate of drug-likeness (QED) is 0.498. The lowest BCUT2D eigenvalue weighted by molar-refractivity contribution is -0.116. The molecule has 1 N–H and O–H groups in total. The zero-order valence-corrected chi connectivity index (χ0v) is 17.7. The van der Waals surface area contributed by atoms with Crippen molar-refractivity contribution >= 4 is 28.8 Å². The van der Waals surface area contributed by atoms with Gasteiger partial charge >= 0.3 is 0 Å². The summed E-state index contributed by atoms with van der Waals surface area (Å²) in [5.41, 5.74) is 2.43. The zero-order chi connectivity index (χ0) is 20.8. The standard InChI is InChI=1S/C25H26N2O2S/c28-24(13-5-11-23-12-6-16-30-23)26-21-10-4-9-20(17-21)25(29)27(22-14-15-22)18-19-7-2-1-3-8-19/h1-4,6-10,12,16-17,22H,5,11,13-15,18H2,(H,26,28). The van der Waals surface area contributed by atoms with Gasteiger partial charge in [-0.25, -0.2) is 0 Å². The lowest BCUT2D eigenvalue weighted by atomic mass is 10.1. The van der Waals surface area contributed by atoms with Crippen LogP contribution < -0.4 is 5.32 Å². The molecule has 2 amide bonds. The first-order valence-corrected chi connectivity index (χ1v) is 11.3. The molecule has 0 bridgehead atoms. The minimum absolute atomic E-state index is 0.0144. The van der Waals surface area contributed by atoms with E-state index in [4.69, 9.17) is 0 Å². The van der Waals surface area contributed by atoms with Gasteiger partial charge in [0.15, 0.2) is 0 Å². The summed E-state index contributed by atoms with van der Waals surface area (Å²) in [4.78, 5) is 28.8. The van der Waals surface area contributed by atoms with Crippen molar-refractivity contribution in [3.05, 3.63) is 88.1 Å². The summed E-state index contributed by atoms with van der Waals surface area (Å²) in [6.45, 7) is 0.615. The first-order valence-electron chi connectivity index (χ1n) is 10.5. The van der Waals surface area contributed by atoms with Crippen LogP contribution in [0.25, 0.3) is 0 Å². The molecule has 0 atom stereocenters. The fourth-order valence-corrected chi connectivity index (χ4v) is 4.28. The summed E-state index contributed by atoms with van der Waals surface area (Å²) in [6.07, 6.45) is 4.31. The molecule has 0 radical (unpaired) electrons. The van der Waals surface area contributed by atoms with E-state index in [-0.39, 0.29) is 11.8 Å². The summed E-state index contributed by atoms with van der Waals surface area (Å²) in [6, 6.07) is 21.8. The first-order chi connectivity index (χ1) is 14.7. The van der Waals surface area contributed by atoms with Crippen molar-refractivity contribution < 1.29 is 9.59 Å². The van der Waals surface area contributed by atoms with Gasteiger partial charge in [0.1, 0.15) is 0 Å². The molecule has 0 spiro atoms. The van der Waals surface area contributed by atoms with Crippen LogP contribution >= 0.6 is 11.3 Å².